The normalized spacial score (nSPS) is 19.6. The number of carbonyl (C=O) groups excluding carboxylic acids is 2. The Kier molecular flexibility index (Phi) is 6.94. The predicted octanol–water partition coefficient (Wildman–Crippen LogP) is 2.53. The van der Waals surface area contributed by atoms with E-state index >= 15 is 0 Å². The first-order valence-electron chi connectivity index (χ1n) is 10.3. The van der Waals surface area contributed by atoms with E-state index in [1.165, 1.54) is 0 Å². The SMILES string of the molecule is COc1ccc(C(C(=O)N2CCC(C(=O)N3CCOCC3)CC2)C(C)C)cc1. The van der Waals surface area contributed by atoms with Gasteiger partial charge in [-0.15, -0.1) is 0 Å². The fourth-order valence-electron chi connectivity index (χ4n) is 4.21. The van der Waals surface area contributed by atoms with Gasteiger partial charge in [0.1, 0.15) is 5.75 Å². The van der Waals surface area contributed by atoms with Gasteiger partial charge < -0.3 is 19.3 Å². The Bertz CT molecular complexity index is 660. The molecule has 0 aromatic heterocycles. The van der Waals surface area contributed by atoms with Gasteiger partial charge in [-0.05, 0) is 36.5 Å². The lowest BCUT2D eigenvalue weighted by Gasteiger charge is -2.37. The zero-order chi connectivity index (χ0) is 20.1. The lowest BCUT2D eigenvalue weighted by atomic mass is 9.86. The summed E-state index contributed by atoms with van der Waals surface area (Å²) in [7, 11) is 1.64. The minimum absolute atomic E-state index is 0.0284. The maximum absolute atomic E-state index is 13.3. The van der Waals surface area contributed by atoms with Crippen LogP contribution in [-0.4, -0.2) is 68.1 Å². The van der Waals surface area contributed by atoms with Crippen LogP contribution in [0.1, 0.15) is 38.2 Å². The number of benzene rings is 1. The van der Waals surface area contributed by atoms with E-state index in [4.69, 9.17) is 9.47 Å². The molecule has 2 aliphatic heterocycles. The lowest BCUT2D eigenvalue weighted by molar-refractivity contribution is -0.144. The van der Waals surface area contributed by atoms with Gasteiger partial charge in [0.25, 0.3) is 0 Å². The summed E-state index contributed by atoms with van der Waals surface area (Å²) in [6.07, 6.45) is 1.49. The molecule has 2 aliphatic rings. The summed E-state index contributed by atoms with van der Waals surface area (Å²) in [6.45, 7) is 8.10. The molecule has 0 spiro atoms. The minimum atomic E-state index is -0.169. The van der Waals surface area contributed by atoms with Crippen LogP contribution in [0.25, 0.3) is 0 Å². The Balaban J connectivity index is 1.61. The minimum Gasteiger partial charge on any atom is -0.497 e. The van der Waals surface area contributed by atoms with E-state index in [-0.39, 0.29) is 29.6 Å². The molecule has 0 saturated carbocycles. The molecule has 154 valence electrons. The fourth-order valence-corrected chi connectivity index (χ4v) is 4.21. The Hall–Kier alpha value is -2.08. The van der Waals surface area contributed by atoms with Gasteiger partial charge >= 0.3 is 0 Å². The van der Waals surface area contributed by atoms with Crippen LogP contribution in [0.5, 0.6) is 5.75 Å². The molecule has 1 unspecified atom stereocenters. The largest absolute Gasteiger partial charge is 0.497 e. The second kappa shape index (κ2) is 9.41. The van der Waals surface area contributed by atoms with Crippen LogP contribution in [-0.2, 0) is 14.3 Å². The van der Waals surface area contributed by atoms with Crippen molar-refractivity contribution >= 4 is 11.8 Å². The highest BCUT2D eigenvalue weighted by Crippen LogP contribution is 2.30. The summed E-state index contributed by atoms with van der Waals surface area (Å²) in [5.41, 5.74) is 1.02. The van der Waals surface area contributed by atoms with E-state index < -0.39 is 0 Å². The summed E-state index contributed by atoms with van der Waals surface area (Å²) < 4.78 is 10.6. The molecule has 2 amide bonds. The third-order valence-corrected chi connectivity index (χ3v) is 5.89. The predicted molar refractivity (Wildman–Crippen MR) is 107 cm³/mol. The molecule has 1 aromatic carbocycles. The van der Waals surface area contributed by atoms with Crippen molar-refractivity contribution in [2.45, 2.75) is 32.6 Å². The zero-order valence-electron chi connectivity index (χ0n) is 17.2. The van der Waals surface area contributed by atoms with Crippen LogP contribution in [0.15, 0.2) is 24.3 Å². The maximum Gasteiger partial charge on any atom is 0.230 e. The van der Waals surface area contributed by atoms with E-state index in [1.54, 1.807) is 7.11 Å². The maximum atomic E-state index is 13.3. The number of piperidine rings is 1. The number of amides is 2. The molecule has 0 aliphatic carbocycles. The van der Waals surface area contributed by atoms with Gasteiger partial charge in [0, 0.05) is 32.1 Å². The summed E-state index contributed by atoms with van der Waals surface area (Å²) in [5, 5.41) is 0. The Morgan fingerprint density at radius 3 is 2.14 bits per heavy atom. The van der Waals surface area contributed by atoms with Gasteiger partial charge in [0.2, 0.25) is 11.8 Å². The number of morpholine rings is 1. The molecule has 2 saturated heterocycles. The highest BCUT2D eigenvalue weighted by molar-refractivity contribution is 5.85. The number of rotatable bonds is 5. The van der Waals surface area contributed by atoms with Crippen molar-refractivity contribution in [3.05, 3.63) is 29.8 Å². The third-order valence-electron chi connectivity index (χ3n) is 5.89. The van der Waals surface area contributed by atoms with Crippen molar-refractivity contribution in [3.63, 3.8) is 0 Å². The van der Waals surface area contributed by atoms with Crippen molar-refractivity contribution in [1.29, 1.82) is 0 Å². The van der Waals surface area contributed by atoms with Crippen molar-refractivity contribution in [2.24, 2.45) is 11.8 Å². The van der Waals surface area contributed by atoms with Crippen molar-refractivity contribution in [2.75, 3.05) is 46.5 Å². The van der Waals surface area contributed by atoms with Gasteiger partial charge in [-0.25, -0.2) is 0 Å². The Morgan fingerprint density at radius 1 is 1.00 bits per heavy atom. The molecule has 2 heterocycles. The molecule has 0 radical (unpaired) electrons. The molecule has 1 atom stereocenters. The first-order chi connectivity index (χ1) is 13.5. The quantitative estimate of drug-likeness (QED) is 0.778. The summed E-state index contributed by atoms with van der Waals surface area (Å²) in [6, 6.07) is 7.78. The Morgan fingerprint density at radius 2 is 1.61 bits per heavy atom. The Labute approximate surface area is 167 Å². The van der Waals surface area contributed by atoms with Crippen molar-refractivity contribution in [1.82, 2.24) is 9.80 Å². The third kappa shape index (κ3) is 4.66. The van der Waals surface area contributed by atoms with Gasteiger partial charge in [-0.2, -0.15) is 0 Å². The van der Waals surface area contributed by atoms with E-state index in [9.17, 15) is 9.59 Å². The number of methoxy groups -OCH3 is 1. The first-order valence-corrected chi connectivity index (χ1v) is 10.3. The number of ether oxygens (including phenoxy) is 2. The van der Waals surface area contributed by atoms with Gasteiger partial charge in [0.15, 0.2) is 0 Å². The molecule has 2 fully saturated rings. The fraction of sp³-hybridized carbons (Fsp3) is 0.636. The second-order valence-corrected chi connectivity index (χ2v) is 8.03. The van der Waals surface area contributed by atoms with Crippen LogP contribution in [0, 0.1) is 11.8 Å². The lowest BCUT2D eigenvalue weighted by Crippen LogP contribution is -2.48. The van der Waals surface area contributed by atoms with E-state index in [1.807, 2.05) is 34.1 Å². The molecular formula is C22H32N2O4. The van der Waals surface area contributed by atoms with Crippen LogP contribution < -0.4 is 4.74 Å². The molecule has 3 rings (SSSR count). The van der Waals surface area contributed by atoms with E-state index in [2.05, 4.69) is 13.8 Å². The number of likely N-dealkylation sites (tertiary alicyclic amines) is 1. The molecule has 0 bridgehead atoms. The molecule has 28 heavy (non-hydrogen) atoms. The van der Waals surface area contributed by atoms with E-state index in [0.29, 0.717) is 39.4 Å². The summed E-state index contributed by atoms with van der Waals surface area (Å²) in [5.74, 6) is 1.25. The highest BCUT2D eigenvalue weighted by atomic mass is 16.5. The molecule has 0 N–H and O–H groups in total. The molecule has 6 nitrogen and oxygen atoms in total. The highest BCUT2D eigenvalue weighted by Gasteiger charge is 2.34. The topological polar surface area (TPSA) is 59.1 Å². The van der Waals surface area contributed by atoms with Crippen molar-refractivity contribution < 1.29 is 19.1 Å². The number of carbonyl (C=O) groups is 2. The van der Waals surface area contributed by atoms with E-state index in [0.717, 1.165) is 24.2 Å². The average molecular weight is 389 g/mol. The molecule has 1 aromatic rings. The number of hydrogen-bond donors (Lipinski definition) is 0. The number of hydrogen-bond acceptors (Lipinski definition) is 4. The van der Waals surface area contributed by atoms with Gasteiger partial charge in [0.05, 0.1) is 26.2 Å². The molecular weight excluding hydrogens is 356 g/mol. The first kappa shape index (κ1) is 20.6. The second-order valence-electron chi connectivity index (χ2n) is 8.03. The van der Waals surface area contributed by atoms with Gasteiger partial charge in [-0.1, -0.05) is 26.0 Å². The molecule has 6 heteroatoms. The summed E-state index contributed by atoms with van der Waals surface area (Å²) >= 11 is 0. The average Bonchev–Trinajstić information content (AvgIpc) is 2.74. The summed E-state index contributed by atoms with van der Waals surface area (Å²) in [4.78, 5) is 29.8. The van der Waals surface area contributed by atoms with Crippen LogP contribution in [0.4, 0.5) is 0 Å². The number of nitrogens with zero attached hydrogens (tertiary/aromatic N) is 2. The smallest absolute Gasteiger partial charge is 0.230 e. The zero-order valence-corrected chi connectivity index (χ0v) is 17.2. The monoisotopic (exact) mass is 388 g/mol. The van der Waals surface area contributed by atoms with Crippen molar-refractivity contribution in [3.8, 4) is 5.75 Å². The van der Waals surface area contributed by atoms with Crippen LogP contribution >= 0.6 is 0 Å². The standard InChI is InChI=1S/C22H32N2O4/c1-16(2)20(17-4-6-19(27-3)7-5-17)22(26)23-10-8-18(9-11-23)21(25)24-12-14-28-15-13-24/h4-7,16,18,20H,8-15H2,1-3H3. The van der Waals surface area contributed by atoms with Gasteiger partial charge in [-0.3, -0.25) is 9.59 Å². The van der Waals surface area contributed by atoms with Crippen LogP contribution in [0.2, 0.25) is 0 Å². The van der Waals surface area contributed by atoms with Crippen LogP contribution in [0.3, 0.4) is 0 Å².